The highest BCUT2D eigenvalue weighted by Crippen LogP contribution is 2.20. The molecule has 3 rings (SSSR count). The number of carbonyl (C=O) groups is 2. The molecule has 5 heteroatoms. The van der Waals surface area contributed by atoms with Gasteiger partial charge in [-0.2, -0.15) is 0 Å². The Balaban J connectivity index is 1.46. The van der Waals surface area contributed by atoms with Crippen molar-refractivity contribution < 1.29 is 9.59 Å². The van der Waals surface area contributed by atoms with E-state index in [1.54, 1.807) is 11.8 Å². The van der Waals surface area contributed by atoms with Crippen LogP contribution >= 0.6 is 0 Å². The van der Waals surface area contributed by atoms with Crippen molar-refractivity contribution in [1.82, 2.24) is 15.1 Å². The van der Waals surface area contributed by atoms with Crippen LogP contribution in [0.25, 0.3) is 0 Å². The molecule has 0 saturated carbocycles. The number of nitrogens with one attached hydrogen (secondary N) is 1. The summed E-state index contributed by atoms with van der Waals surface area (Å²) in [6.45, 7) is 6.10. The molecular formula is C20H29N3O2. The number of piperidine rings is 1. The highest BCUT2D eigenvalue weighted by Gasteiger charge is 2.32. The molecule has 2 fully saturated rings. The van der Waals surface area contributed by atoms with Crippen molar-refractivity contribution >= 4 is 11.8 Å². The molecule has 2 heterocycles. The molecule has 2 amide bonds. The maximum atomic E-state index is 12.5. The Bertz CT molecular complexity index is 590. The molecule has 2 unspecified atom stereocenters. The number of amides is 2. The lowest BCUT2D eigenvalue weighted by molar-refractivity contribution is -0.137. The summed E-state index contributed by atoms with van der Waals surface area (Å²) in [7, 11) is 0. The molecule has 2 saturated heterocycles. The second-order valence-corrected chi connectivity index (χ2v) is 7.34. The Hall–Kier alpha value is -1.88. The van der Waals surface area contributed by atoms with Crippen molar-refractivity contribution in [3.8, 4) is 0 Å². The van der Waals surface area contributed by atoms with E-state index in [1.807, 2.05) is 6.07 Å². The minimum atomic E-state index is -0.262. The number of rotatable bonds is 5. The number of nitrogens with zero attached hydrogens (tertiary/aromatic N) is 2. The van der Waals surface area contributed by atoms with Gasteiger partial charge in [-0.05, 0) is 43.7 Å². The fourth-order valence-corrected chi connectivity index (χ4v) is 4.08. The van der Waals surface area contributed by atoms with Gasteiger partial charge in [-0.15, -0.1) is 0 Å². The molecule has 2 atom stereocenters. The number of benzene rings is 1. The van der Waals surface area contributed by atoms with Crippen LogP contribution in [0.5, 0.6) is 0 Å². The average molecular weight is 343 g/mol. The quantitative estimate of drug-likeness (QED) is 0.890. The molecule has 136 valence electrons. The highest BCUT2D eigenvalue weighted by molar-refractivity contribution is 5.87. The number of carbonyl (C=O) groups excluding carboxylic acids is 2. The molecule has 25 heavy (non-hydrogen) atoms. The van der Waals surface area contributed by atoms with E-state index in [0.29, 0.717) is 19.0 Å². The minimum absolute atomic E-state index is 0.00403. The molecule has 0 bridgehead atoms. The topological polar surface area (TPSA) is 52.7 Å². The van der Waals surface area contributed by atoms with Crippen LogP contribution in [-0.2, 0) is 16.1 Å². The fraction of sp³-hybridized carbons (Fsp3) is 0.600. The van der Waals surface area contributed by atoms with Crippen LogP contribution in [0.2, 0.25) is 0 Å². The Kier molecular flexibility index (Phi) is 6.08. The Morgan fingerprint density at radius 2 is 1.88 bits per heavy atom. The highest BCUT2D eigenvalue weighted by atomic mass is 16.2. The van der Waals surface area contributed by atoms with Gasteiger partial charge in [0.2, 0.25) is 11.8 Å². The zero-order valence-corrected chi connectivity index (χ0v) is 15.1. The van der Waals surface area contributed by atoms with Crippen LogP contribution in [0.4, 0.5) is 0 Å². The first-order valence-electron chi connectivity index (χ1n) is 9.44. The van der Waals surface area contributed by atoms with E-state index >= 15 is 0 Å². The first-order valence-corrected chi connectivity index (χ1v) is 9.44. The van der Waals surface area contributed by atoms with E-state index in [1.165, 1.54) is 12.0 Å². The lowest BCUT2D eigenvalue weighted by Crippen LogP contribution is -2.47. The summed E-state index contributed by atoms with van der Waals surface area (Å²) in [5.74, 6) is 0.519. The minimum Gasteiger partial charge on any atom is -0.354 e. The first kappa shape index (κ1) is 17.9. The van der Waals surface area contributed by atoms with E-state index in [9.17, 15) is 9.59 Å². The smallest absolute Gasteiger partial charge is 0.242 e. The van der Waals surface area contributed by atoms with Gasteiger partial charge < -0.3 is 10.2 Å². The number of likely N-dealkylation sites (tertiary alicyclic amines) is 2. The average Bonchev–Trinajstić information content (AvgIpc) is 3.11. The van der Waals surface area contributed by atoms with Gasteiger partial charge >= 0.3 is 0 Å². The summed E-state index contributed by atoms with van der Waals surface area (Å²) in [6.07, 6.45) is 4.05. The molecule has 0 aromatic heterocycles. The number of hydrogen-bond donors (Lipinski definition) is 1. The van der Waals surface area contributed by atoms with Gasteiger partial charge in [0.05, 0.1) is 0 Å². The van der Waals surface area contributed by atoms with Gasteiger partial charge in [0.25, 0.3) is 0 Å². The lowest BCUT2D eigenvalue weighted by atomic mass is 9.97. The van der Waals surface area contributed by atoms with Gasteiger partial charge in [-0.25, -0.2) is 0 Å². The van der Waals surface area contributed by atoms with E-state index in [2.05, 4.69) is 34.5 Å². The molecule has 0 spiro atoms. The molecule has 0 aliphatic carbocycles. The van der Waals surface area contributed by atoms with Gasteiger partial charge in [0.15, 0.2) is 0 Å². The maximum Gasteiger partial charge on any atom is 0.242 e. The third-order valence-electron chi connectivity index (χ3n) is 5.38. The SMILES string of the molecule is CC(=O)N1CCCC1C(=O)NCC1CCCN(Cc2ccccc2)C1. The molecule has 1 aromatic rings. The Labute approximate surface area is 150 Å². The Morgan fingerprint density at radius 3 is 2.64 bits per heavy atom. The van der Waals surface area contributed by atoms with Gasteiger partial charge in [-0.3, -0.25) is 14.5 Å². The summed E-state index contributed by atoms with van der Waals surface area (Å²) >= 11 is 0. The molecule has 0 radical (unpaired) electrons. The molecule has 1 aromatic carbocycles. The van der Waals surface area contributed by atoms with Crippen LogP contribution in [0, 0.1) is 5.92 Å². The van der Waals surface area contributed by atoms with Crippen molar-refractivity contribution in [2.75, 3.05) is 26.2 Å². The normalized spacial score (nSPS) is 24.3. The summed E-state index contributed by atoms with van der Waals surface area (Å²) in [5.41, 5.74) is 1.34. The van der Waals surface area contributed by atoms with Crippen molar-refractivity contribution in [1.29, 1.82) is 0 Å². The van der Waals surface area contributed by atoms with Gasteiger partial charge in [0, 0.05) is 33.1 Å². The standard InChI is InChI=1S/C20H29N3O2/c1-16(24)23-12-6-10-19(23)20(25)21-13-18-9-5-11-22(15-18)14-17-7-3-2-4-8-17/h2-4,7-8,18-19H,5-6,9-15H2,1H3,(H,21,25). The summed E-state index contributed by atoms with van der Waals surface area (Å²) < 4.78 is 0. The van der Waals surface area contributed by atoms with Crippen molar-refractivity contribution in [3.05, 3.63) is 35.9 Å². The lowest BCUT2D eigenvalue weighted by Gasteiger charge is -2.33. The summed E-state index contributed by atoms with van der Waals surface area (Å²) in [4.78, 5) is 28.3. The van der Waals surface area contributed by atoms with Crippen molar-refractivity contribution in [3.63, 3.8) is 0 Å². The van der Waals surface area contributed by atoms with E-state index < -0.39 is 0 Å². The Morgan fingerprint density at radius 1 is 1.12 bits per heavy atom. The van der Waals surface area contributed by atoms with E-state index in [4.69, 9.17) is 0 Å². The predicted octanol–water partition coefficient (Wildman–Crippen LogP) is 2.03. The fourth-order valence-electron chi connectivity index (χ4n) is 4.08. The summed E-state index contributed by atoms with van der Waals surface area (Å²) in [6, 6.07) is 10.3. The third kappa shape index (κ3) is 4.82. The maximum absolute atomic E-state index is 12.5. The van der Waals surface area contributed by atoms with Crippen molar-refractivity contribution in [2.24, 2.45) is 5.92 Å². The molecule has 2 aliphatic rings. The van der Waals surface area contributed by atoms with E-state index in [-0.39, 0.29) is 17.9 Å². The van der Waals surface area contributed by atoms with Crippen LogP contribution in [-0.4, -0.2) is 53.8 Å². The second-order valence-electron chi connectivity index (χ2n) is 7.34. The van der Waals surface area contributed by atoms with Crippen molar-refractivity contribution in [2.45, 2.75) is 45.2 Å². The second kappa shape index (κ2) is 8.48. The molecule has 5 nitrogen and oxygen atoms in total. The van der Waals surface area contributed by atoms with Crippen LogP contribution < -0.4 is 5.32 Å². The van der Waals surface area contributed by atoms with Gasteiger partial charge in [0.1, 0.15) is 6.04 Å². The summed E-state index contributed by atoms with van der Waals surface area (Å²) in [5, 5.41) is 3.10. The number of hydrogen-bond acceptors (Lipinski definition) is 3. The van der Waals surface area contributed by atoms with Crippen LogP contribution in [0.3, 0.4) is 0 Å². The largest absolute Gasteiger partial charge is 0.354 e. The van der Waals surface area contributed by atoms with Crippen LogP contribution in [0.1, 0.15) is 38.2 Å². The van der Waals surface area contributed by atoms with Crippen LogP contribution in [0.15, 0.2) is 30.3 Å². The van der Waals surface area contributed by atoms with Gasteiger partial charge in [-0.1, -0.05) is 30.3 Å². The van der Waals surface area contributed by atoms with E-state index in [0.717, 1.165) is 38.9 Å². The monoisotopic (exact) mass is 343 g/mol. The molecule has 1 N–H and O–H groups in total. The predicted molar refractivity (Wildman–Crippen MR) is 97.9 cm³/mol. The zero-order valence-electron chi connectivity index (χ0n) is 15.1. The molecule has 2 aliphatic heterocycles. The third-order valence-corrected chi connectivity index (χ3v) is 5.38. The molecular weight excluding hydrogens is 314 g/mol. The zero-order chi connectivity index (χ0) is 17.6. The first-order chi connectivity index (χ1) is 12.1.